The van der Waals surface area contributed by atoms with Crippen molar-refractivity contribution in [1.29, 1.82) is 0 Å². The summed E-state index contributed by atoms with van der Waals surface area (Å²) < 4.78 is 10.9. The number of rotatable bonds is 3. The van der Waals surface area contributed by atoms with Crippen molar-refractivity contribution in [3.8, 4) is 5.75 Å². The number of aromatic nitrogens is 1. The van der Waals surface area contributed by atoms with Crippen molar-refractivity contribution >= 4 is 23.3 Å². The lowest BCUT2D eigenvalue weighted by Gasteiger charge is -2.31. The molecule has 1 aliphatic rings. The van der Waals surface area contributed by atoms with E-state index in [1.54, 1.807) is 12.1 Å². The quantitative estimate of drug-likeness (QED) is 0.844. The van der Waals surface area contributed by atoms with Gasteiger partial charge in [-0.2, -0.15) is 0 Å². The third-order valence-corrected chi connectivity index (χ3v) is 3.74. The minimum atomic E-state index is -1.10. The average molecular weight is 356 g/mol. The van der Waals surface area contributed by atoms with Crippen LogP contribution in [0.2, 0.25) is 0 Å². The first-order valence-electron chi connectivity index (χ1n) is 8.22. The first-order chi connectivity index (χ1) is 12.2. The molecule has 1 aromatic carbocycles. The Morgan fingerprint density at radius 2 is 1.92 bits per heavy atom. The van der Waals surface area contributed by atoms with Gasteiger partial charge in [0.1, 0.15) is 23.6 Å². The minimum Gasteiger partial charge on any atom is -0.489 e. The molecule has 1 aliphatic heterocycles. The second-order valence-corrected chi connectivity index (χ2v) is 6.89. The number of carbonyl (C=O) groups is 2. The molecule has 26 heavy (non-hydrogen) atoms. The summed E-state index contributed by atoms with van der Waals surface area (Å²) >= 11 is 0. The van der Waals surface area contributed by atoms with Gasteiger partial charge in [-0.05, 0) is 45.0 Å². The fourth-order valence-corrected chi connectivity index (χ4v) is 2.61. The smallest absolute Gasteiger partial charge is 0.354 e. The number of nitrogens with zero attached hydrogens (tertiary/aromatic N) is 2. The summed E-state index contributed by atoms with van der Waals surface area (Å²) in [4.78, 5) is 29.1. The van der Waals surface area contributed by atoms with Gasteiger partial charge in [-0.1, -0.05) is 0 Å². The summed E-state index contributed by atoms with van der Waals surface area (Å²) in [7, 11) is 0. The van der Waals surface area contributed by atoms with Crippen molar-refractivity contribution in [3.63, 3.8) is 0 Å². The molecule has 0 amide bonds. The van der Waals surface area contributed by atoms with Crippen LogP contribution < -0.4 is 9.64 Å². The standard InChI is InChI=1S/C19H20N2O5/c1-19(2,3)26-18(24)12-4-6-13(7-5-12)21-8-9-25-16-10-14(17(22)23)20-11-15(16)21/h4-7,10-11H,8-9H2,1-3H3,(H,22,23). The molecule has 0 atom stereocenters. The topological polar surface area (TPSA) is 89.0 Å². The number of carboxylic acids is 1. The maximum atomic E-state index is 12.1. The fourth-order valence-electron chi connectivity index (χ4n) is 2.61. The van der Waals surface area contributed by atoms with E-state index in [-0.39, 0.29) is 11.7 Å². The van der Waals surface area contributed by atoms with Gasteiger partial charge < -0.3 is 19.5 Å². The van der Waals surface area contributed by atoms with Crippen LogP contribution in [0.1, 0.15) is 41.6 Å². The van der Waals surface area contributed by atoms with E-state index >= 15 is 0 Å². The molecule has 3 rings (SSSR count). The highest BCUT2D eigenvalue weighted by Gasteiger charge is 2.23. The van der Waals surface area contributed by atoms with Gasteiger partial charge in [0, 0.05) is 11.8 Å². The van der Waals surface area contributed by atoms with E-state index in [0.29, 0.717) is 30.2 Å². The van der Waals surface area contributed by atoms with Gasteiger partial charge >= 0.3 is 11.9 Å². The van der Waals surface area contributed by atoms with Crippen LogP contribution in [0.5, 0.6) is 5.75 Å². The normalized spacial score (nSPS) is 13.6. The van der Waals surface area contributed by atoms with Gasteiger partial charge in [-0.15, -0.1) is 0 Å². The number of anilines is 2. The number of carboxylic acid groups (broad SMARTS) is 1. The van der Waals surface area contributed by atoms with Crippen molar-refractivity contribution < 1.29 is 24.2 Å². The van der Waals surface area contributed by atoms with E-state index < -0.39 is 11.6 Å². The van der Waals surface area contributed by atoms with Crippen LogP contribution in [-0.2, 0) is 4.74 Å². The van der Waals surface area contributed by atoms with Gasteiger partial charge in [0.05, 0.1) is 18.3 Å². The number of esters is 1. The number of ether oxygens (including phenoxy) is 2. The highest BCUT2D eigenvalue weighted by atomic mass is 16.6. The maximum absolute atomic E-state index is 12.1. The van der Waals surface area contributed by atoms with E-state index in [9.17, 15) is 9.59 Å². The molecule has 0 fully saturated rings. The summed E-state index contributed by atoms with van der Waals surface area (Å²) in [5.74, 6) is -1.01. The Balaban J connectivity index is 1.85. The van der Waals surface area contributed by atoms with E-state index in [2.05, 4.69) is 4.98 Å². The number of fused-ring (bicyclic) bond motifs is 1. The molecule has 0 spiro atoms. The first-order valence-corrected chi connectivity index (χ1v) is 8.22. The SMILES string of the molecule is CC(C)(C)OC(=O)c1ccc(N2CCOc3cc(C(=O)O)ncc32)cc1. The fraction of sp³-hybridized carbons (Fsp3) is 0.316. The number of hydrogen-bond donors (Lipinski definition) is 1. The van der Waals surface area contributed by atoms with Crippen LogP contribution in [0.4, 0.5) is 11.4 Å². The molecule has 0 radical (unpaired) electrons. The van der Waals surface area contributed by atoms with Crippen molar-refractivity contribution in [3.05, 3.63) is 47.8 Å². The zero-order chi connectivity index (χ0) is 18.9. The Morgan fingerprint density at radius 1 is 1.23 bits per heavy atom. The summed E-state index contributed by atoms with van der Waals surface area (Å²) in [6.45, 7) is 6.48. The molecule has 136 valence electrons. The lowest BCUT2D eigenvalue weighted by Crippen LogP contribution is -2.29. The number of hydrogen-bond acceptors (Lipinski definition) is 6. The molecule has 0 saturated carbocycles. The van der Waals surface area contributed by atoms with Gasteiger partial charge in [-0.25, -0.2) is 14.6 Å². The van der Waals surface area contributed by atoms with Gasteiger partial charge in [0.2, 0.25) is 0 Å². The molecular weight excluding hydrogens is 336 g/mol. The third-order valence-electron chi connectivity index (χ3n) is 3.74. The minimum absolute atomic E-state index is 0.0640. The van der Waals surface area contributed by atoms with Crippen molar-refractivity contribution in [2.24, 2.45) is 0 Å². The molecule has 2 aromatic rings. The monoisotopic (exact) mass is 356 g/mol. The first kappa shape index (κ1) is 17.7. The van der Waals surface area contributed by atoms with E-state index in [0.717, 1.165) is 5.69 Å². The molecule has 7 nitrogen and oxygen atoms in total. The van der Waals surface area contributed by atoms with Gasteiger partial charge in [-0.3, -0.25) is 0 Å². The third kappa shape index (κ3) is 3.77. The Morgan fingerprint density at radius 3 is 2.54 bits per heavy atom. The summed E-state index contributed by atoms with van der Waals surface area (Å²) in [6.07, 6.45) is 1.49. The molecule has 0 bridgehead atoms. The van der Waals surface area contributed by atoms with E-state index in [4.69, 9.17) is 14.6 Å². The molecule has 1 aromatic heterocycles. The zero-order valence-electron chi connectivity index (χ0n) is 14.9. The van der Waals surface area contributed by atoms with Gasteiger partial charge in [0.25, 0.3) is 0 Å². The van der Waals surface area contributed by atoms with Gasteiger partial charge in [0.15, 0.2) is 5.69 Å². The average Bonchev–Trinajstić information content (AvgIpc) is 2.59. The Hall–Kier alpha value is -3.09. The lowest BCUT2D eigenvalue weighted by atomic mass is 10.1. The molecule has 0 unspecified atom stereocenters. The number of benzene rings is 1. The van der Waals surface area contributed by atoms with E-state index in [1.807, 2.05) is 37.8 Å². The highest BCUT2D eigenvalue weighted by molar-refractivity contribution is 5.90. The lowest BCUT2D eigenvalue weighted by molar-refractivity contribution is 0.00693. The highest BCUT2D eigenvalue weighted by Crippen LogP contribution is 2.36. The number of pyridine rings is 1. The predicted octanol–water partition coefficient (Wildman–Crippen LogP) is 3.27. The van der Waals surface area contributed by atoms with Crippen molar-refractivity contribution in [1.82, 2.24) is 4.98 Å². The molecular formula is C19H20N2O5. The van der Waals surface area contributed by atoms with Crippen LogP contribution in [0.15, 0.2) is 36.5 Å². The molecule has 0 aliphatic carbocycles. The second-order valence-electron chi connectivity index (χ2n) is 6.89. The van der Waals surface area contributed by atoms with Crippen molar-refractivity contribution in [2.75, 3.05) is 18.1 Å². The van der Waals surface area contributed by atoms with Crippen molar-refractivity contribution in [2.45, 2.75) is 26.4 Å². The largest absolute Gasteiger partial charge is 0.489 e. The van der Waals surface area contributed by atoms with Crippen LogP contribution in [0, 0.1) is 0 Å². The molecule has 1 N–H and O–H groups in total. The number of aromatic carboxylic acids is 1. The number of carbonyl (C=O) groups excluding carboxylic acids is 1. The Bertz CT molecular complexity index is 840. The van der Waals surface area contributed by atoms with E-state index in [1.165, 1.54) is 12.3 Å². The zero-order valence-corrected chi connectivity index (χ0v) is 14.9. The molecule has 2 heterocycles. The molecule has 0 saturated heterocycles. The maximum Gasteiger partial charge on any atom is 0.354 e. The van der Waals surface area contributed by atoms with Crippen LogP contribution in [0.25, 0.3) is 0 Å². The summed E-state index contributed by atoms with van der Waals surface area (Å²) in [6, 6.07) is 8.47. The van der Waals surface area contributed by atoms with Crippen LogP contribution >= 0.6 is 0 Å². The molecule has 7 heteroatoms. The predicted molar refractivity (Wildman–Crippen MR) is 95.3 cm³/mol. The Labute approximate surface area is 151 Å². The summed E-state index contributed by atoms with van der Waals surface area (Å²) in [5, 5.41) is 9.06. The second kappa shape index (κ2) is 6.67. The summed E-state index contributed by atoms with van der Waals surface area (Å²) in [5.41, 5.74) is 1.40. The Kier molecular flexibility index (Phi) is 4.54. The van der Waals surface area contributed by atoms with Crippen LogP contribution in [0.3, 0.4) is 0 Å². The van der Waals surface area contributed by atoms with Crippen LogP contribution in [-0.4, -0.2) is 40.8 Å².